The highest BCUT2D eigenvalue weighted by Crippen LogP contribution is 2.55. The molecule has 1 saturated carbocycles. The number of alkyl halides is 3. The zero-order valence-electron chi connectivity index (χ0n) is 19.7. The Morgan fingerprint density at radius 3 is 2.24 bits per heavy atom. The maximum Gasteiger partial charge on any atom is 0.405 e. The molecule has 0 bridgehead atoms. The summed E-state index contributed by atoms with van der Waals surface area (Å²) in [5.74, 6) is 0.0887. The lowest BCUT2D eigenvalue weighted by atomic mass is 10.0. The molecule has 3 aliphatic rings. The molecule has 0 radical (unpaired) electrons. The molecule has 4 unspecified atom stereocenters. The van der Waals surface area contributed by atoms with Gasteiger partial charge in [0.25, 0.3) is 0 Å². The van der Waals surface area contributed by atoms with E-state index in [9.17, 15) is 21.6 Å². The quantitative estimate of drug-likeness (QED) is 0.455. The van der Waals surface area contributed by atoms with Gasteiger partial charge in [0.1, 0.15) is 29.8 Å². The summed E-state index contributed by atoms with van der Waals surface area (Å²) >= 11 is 0. The third kappa shape index (κ3) is 4.29. The van der Waals surface area contributed by atoms with Gasteiger partial charge >= 0.3 is 6.18 Å². The van der Waals surface area contributed by atoms with Crippen molar-refractivity contribution in [3.8, 4) is 0 Å². The molecular formula is C25H25F4N5O2S. The molecule has 0 amide bonds. The Morgan fingerprint density at radius 1 is 0.946 bits per heavy atom. The van der Waals surface area contributed by atoms with Crippen LogP contribution in [0.4, 0.5) is 23.2 Å². The Balaban J connectivity index is 1.22. The van der Waals surface area contributed by atoms with Crippen LogP contribution in [0.3, 0.4) is 0 Å². The first-order chi connectivity index (χ1) is 17.6. The molecule has 0 spiro atoms. The van der Waals surface area contributed by atoms with Crippen molar-refractivity contribution >= 4 is 15.7 Å². The third-order valence-corrected chi connectivity index (χ3v) is 10.2. The lowest BCUT2D eigenvalue weighted by Gasteiger charge is -2.39. The van der Waals surface area contributed by atoms with E-state index in [1.807, 2.05) is 9.47 Å². The summed E-state index contributed by atoms with van der Waals surface area (Å²) in [5, 5.41) is 6.58. The van der Waals surface area contributed by atoms with E-state index < -0.39 is 39.9 Å². The van der Waals surface area contributed by atoms with Crippen LogP contribution in [0, 0.1) is 17.7 Å². The topological polar surface area (TPSA) is 71.3 Å². The SMILES string of the molecule is O=S1(=O)C(c2ccccc2)CCC(C(F)(F)F)N1Cc1ccc(N2CC3C(C2)C3n2cnnc2)cc1F. The highest BCUT2D eigenvalue weighted by molar-refractivity contribution is 7.89. The average molecular weight is 536 g/mol. The minimum atomic E-state index is -4.76. The first-order valence-electron chi connectivity index (χ1n) is 12.1. The first-order valence-corrected chi connectivity index (χ1v) is 13.6. The van der Waals surface area contributed by atoms with Gasteiger partial charge in [0.2, 0.25) is 10.0 Å². The third-order valence-electron chi connectivity index (χ3n) is 7.94. The molecule has 196 valence electrons. The van der Waals surface area contributed by atoms with Crippen LogP contribution in [0.2, 0.25) is 0 Å². The number of aromatic nitrogens is 3. The van der Waals surface area contributed by atoms with Gasteiger partial charge in [-0.2, -0.15) is 17.5 Å². The van der Waals surface area contributed by atoms with Gasteiger partial charge in [0, 0.05) is 48.8 Å². The molecule has 3 aromatic rings. The van der Waals surface area contributed by atoms with Gasteiger partial charge in [-0.15, -0.1) is 10.2 Å². The molecule has 4 atom stereocenters. The van der Waals surface area contributed by atoms with Crippen molar-refractivity contribution in [2.24, 2.45) is 11.8 Å². The number of hydrogen-bond acceptors (Lipinski definition) is 5. The number of hydrogen-bond donors (Lipinski definition) is 0. The molecule has 2 aromatic carbocycles. The van der Waals surface area contributed by atoms with E-state index in [0.29, 0.717) is 33.4 Å². The van der Waals surface area contributed by atoms with Crippen LogP contribution in [0.25, 0.3) is 0 Å². The van der Waals surface area contributed by atoms with Gasteiger partial charge in [0.05, 0.1) is 0 Å². The molecule has 3 fully saturated rings. The Hall–Kier alpha value is -2.99. The molecular weight excluding hydrogens is 510 g/mol. The Bertz CT molecular complexity index is 1370. The van der Waals surface area contributed by atoms with Gasteiger partial charge in [0.15, 0.2) is 0 Å². The predicted octanol–water partition coefficient (Wildman–Crippen LogP) is 4.32. The van der Waals surface area contributed by atoms with Gasteiger partial charge in [-0.05, 0) is 30.5 Å². The Kier molecular flexibility index (Phi) is 5.79. The molecule has 7 nitrogen and oxygen atoms in total. The summed E-state index contributed by atoms with van der Waals surface area (Å²) in [5.41, 5.74) is 0.982. The predicted molar refractivity (Wildman–Crippen MR) is 127 cm³/mol. The van der Waals surface area contributed by atoms with E-state index in [4.69, 9.17) is 0 Å². The number of anilines is 1. The normalized spacial score (nSPS) is 29.3. The van der Waals surface area contributed by atoms with Gasteiger partial charge in [-0.1, -0.05) is 36.4 Å². The molecule has 2 aliphatic heterocycles. The maximum absolute atomic E-state index is 15.2. The van der Waals surface area contributed by atoms with Crippen molar-refractivity contribution in [3.05, 3.63) is 78.1 Å². The molecule has 37 heavy (non-hydrogen) atoms. The van der Waals surface area contributed by atoms with E-state index in [2.05, 4.69) is 10.2 Å². The van der Waals surface area contributed by atoms with Crippen molar-refractivity contribution in [2.75, 3.05) is 18.0 Å². The standard InChI is InChI=1S/C25H25F4N5O2S/c26-21-10-18(32-12-19-20(13-32)24(19)33-14-30-31-15-33)7-6-17(21)11-34-23(25(27,28)29)9-8-22(37(34,35)36)16-4-2-1-3-5-16/h1-7,10,14-15,19-20,22-24H,8-9,11-13H2. The van der Waals surface area contributed by atoms with Crippen molar-refractivity contribution < 1.29 is 26.0 Å². The van der Waals surface area contributed by atoms with E-state index in [-0.39, 0.29) is 18.4 Å². The minimum Gasteiger partial charge on any atom is -0.371 e. The minimum absolute atomic E-state index is 0.0815. The summed E-state index contributed by atoms with van der Waals surface area (Å²) < 4.78 is 86.2. The molecule has 12 heteroatoms. The van der Waals surface area contributed by atoms with Crippen molar-refractivity contribution in [1.29, 1.82) is 0 Å². The summed E-state index contributed by atoms with van der Waals surface area (Å²) in [7, 11) is -4.40. The number of sulfonamides is 1. The van der Waals surface area contributed by atoms with Crippen LogP contribution >= 0.6 is 0 Å². The fourth-order valence-electron chi connectivity index (χ4n) is 6.02. The Labute approximate surface area is 211 Å². The second kappa shape index (κ2) is 8.80. The number of rotatable bonds is 5. The van der Waals surface area contributed by atoms with Crippen LogP contribution < -0.4 is 4.90 Å². The molecule has 3 heterocycles. The molecule has 6 rings (SSSR count). The van der Waals surface area contributed by atoms with Crippen LogP contribution in [0.1, 0.15) is 35.3 Å². The van der Waals surface area contributed by atoms with E-state index in [1.54, 1.807) is 49.1 Å². The van der Waals surface area contributed by atoms with E-state index in [1.165, 1.54) is 12.1 Å². The fraction of sp³-hybridized carbons (Fsp3) is 0.440. The van der Waals surface area contributed by atoms with Crippen LogP contribution in [-0.2, 0) is 16.6 Å². The van der Waals surface area contributed by atoms with Crippen molar-refractivity contribution in [1.82, 2.24) is 19.1 Å². The fourth-order valence-corrected chi connectivity index (χ4v) is 8.18. The van der Waals surface area contributed by atoms with Gasteiger partial charge in [-0.3, -0.25) is 0 Å². The largest absolute Gasteiger partial charge is 0.405 e. The second-order valence-electron chi connectivity index (χ2n) is 10.0. The molecule has 0 N–H and O–H groups in total. The highest BCUT2D eigenvalue weighted by Gasteiger charge is 2.57. The summed E-state index contributed by atoms with van der Waals surface area (Å²) in [6, 6.07) is 10.7. The van der Waals surface area contributed by atoms with Crippen molar-refractivity contribution in [3.63, 3.8) is 0 Å². The number of benzene rings is 2. The van der Waals surface area contributed by atoms with Gasteiger partial charge < -0.3 is 9.47 Å². The zero-order chi connectivity index (χ0) is 25.9. The first kappa shape index (κ1) is 24.4. The van der Waals surface area contributed by atoms with Crippen molar-refractivity contribution in [2.45, 2.75) is 42.9 Å². The van der Waals surface area contributed by atoms with Crippen LogP contribution in [0.15, 0.2) is 61.2 Å². The molecule has 1 aliphatic carbocycles. The number of nitrogens with zero attached hydrogens (tertiary/aromatic N) is 5. The maximum atomic E-state index is 15.2. The van der Waals surface area contributed by atoms with Gasteiger partial charge in [-0.25, -0.2) is 12.8 Å². The second-order valence-corrected chi connectivity index (χ2v) is 12.1. The smallest absolute Gasteiger partial charge is 0.371 e. The summed E-state index contributed by atoms with van der Waals surface area (Å²) in [4.78, 5) is 2.05. The number of fused-ring (bicyclic) bond motifs is 1. The molecule has 1 aromatic heterocycles. The zero-order valence-corrected chi connectivity index (χ0v) is 20.5. The summed E-state index contributed by atoms with van der Waals surface area (Å²) in [6.45, 7) is 0.770. The average Bonchev–Trinajstić information content (AvgIpc) is 3.23. The van der Waals surface area contributed by atoms with E-state index in [0.717, 1.165) is 13.1 Å². The van der Waals surface area contributed by atoms with Crippen LogP contribution in [0.5, 0.6) is 0 Å². The summed E-state index contributed by atoms with van der Waals surface area (Å²) in [6.07, 6.45) is -1.92. The highest BCUT2D eigenvalue weighted by atomic mass is 32.2. The Morgan fingerprint density at radius 2 is 1.62 bits per heavy atom. The van der Waals surface area contributed by atoms with E-state index >= 15 is 4.39 Å². The number of halogens is 4. The lowest BCUT2D eigenvalue weighted by Crippen LogP contribution is -2.52. The lowest BCUT2D eigenvalue weighted by molar-refractivity contribution is -0.176. The monoisotopic (exact) mass is 535 g/mol. The van der Waals surface area contributed by atoms with Crippen LogP contribution in [-0.4, -0.2) is 52.8 Å². The molecule has 2 saturated heterocycles. The number of piperidine rings is 1.